The molecule has 2 heterocycles. The Bertz CT molecular complexity index is 964. The van der Waals surface area contributed by atoms with Crippen LogP contribution in [0, 0.1) is 5.92 Å². The van der Waals surface area contributed by atoms with Crippen molar-refractivity contribution in [3.05, 3.63) is 71.3 Å². The van der Waals surface area contributed by atoms with E-state index in [-0.39, 0.29) is 12.3 Å². The largest absolute Gasteiger partial charge is 0.478 e. The van der Waals surface area contributed by atoms with Crippen molar-refractivity contribution in [1.82, 2.24) is 4.90 Å². The molecule has 2 aliphatic rings. The fraction of sp³-hybridized carbons (Fsp3) is 0.375. The van der Waals surface area contributed by atoms with Gasteiger partial charge in [-0.15, -0.1) is 0 Å². The lowest BCUT2D eigenvalue weighted by atomic mass is 9.89. The van der Waals surface area contributed by atoms with Crippen LogP contribution in [-0.4, -0.2) is 46.3 Å². The van der Waals surface area contributed by atoms with Gasteiger partial charge in [-0.05, 0) is 43.7 Å². The van der Waals surface area contributed by atoms with Gasteiger partial charge in [0.25, 0.3) is 5.91 Å². The molecule has 0 bridgehead atoms. The van der Waals surface area contributed by atoms with E-state index in [9.17, 15) is 14.7 Å². The molecule has 0 spiro atoms. The van der Waals surface area contributed by atoms with Crippen molar-refractivity contribution in [2.45, 2.75) is 38.2 Å². The van der Waals surface area contributed by atoms with Crippen molar-refractivity contribution in [2.75, 3.05) is 13.1 Å². The van der Waals surface area contributed by atoms with E-state index in [2.05, 4.69) is 29.4 Å². The molecule has 6 heteroatoms. The lowest BCUT2D eigenvalue weighted by molar-refractivity contribution is -0.160. The van der Waals surface area contributed by atoms with E-state index in [0.29, 0.717) is 22.8 Å². The smallest absolute Gasteiger partial charge is 0.351 e. The summed E-state index contributed by atoms with van der Waals surface area (Å²) in [6.45, 7) is 2.94. The fourth-order valence-corrected chi connectivity index (χ4v) is 4.18. The molecule has 0 aliphatic carbocycles. The Kier molecular flexibility index (Phi) is 5.57. The summed E-state index contributed by atoms with van der Waals surface area (Å²) >= 11 is 0. The second kappa shape index (κ2) is 8.30. The number of hydrogen-bond acceptors (Lipinski definition) is 4. The van der Waals surface area contributed by atoms with Gasteiger partial charge in [0.1, 0.15) is 0 Å². The number of likely N-dealkylation sites (tertiary alicyclic amines) is 1. The molecule has 2 aliphatic heterocycles. The maximum Gasteiger partial charge on any atom is 0.351 e. The van der Waals surface area contributed by atoms with Gasteiger partial charge in [0.2, 0.25) is 5.60 Å². The molecular weight excluding hydrogens is 380 g/mol. The van der Waals surface area contributed by atoms with Crippen LogP contribution in [0.4, 0.5) is 0 Å². The molecule has 156 valence electrons. The summed E-state index contributed by atoms with van der Waals surface area (Å²) in [7, 11) is 0. The van der Waals surface area contributed by atoms with Gasteiger partial charge in [-0.3, -0.25) is 4.79 Å². The molecule has 6 nitrogen and oxygen atoms in total. The maximum atomic E-state index is 13.3. The number of piperidine rings is 1. The first-order chi connectivity index (χ1) is 14.5. The highest BCUT2D eigenvalue weighted by molar-refractivity contribution is 6.12. The minimum Gasteiger partial charge on any atom is -0.478 e. The Balaban J connectivity index is 1.43. The van der Waals surface area contributed by atoms with Gasteiger partial charge < -0.3 is 14.8 Å². The summed E-state index contributed by atoms with van der Waals surface area (Å²) in [5.41, 5.74) is 1.66. The number of oxime groups is 1. The number of benzene rings is 2. The summed E-state index contributed by atoms with van der Waals surface area (Å²) in [6.07, 6.45) is 3.13. The summed E-state index contributed by atoms with van der Waals surface area (Å²) < 4.78 is 0. The summed E-state index contributed by atoms with van der Waals surface area (Å²) in [5.74, 6) is -0.517. The average molecular weight is 406 g/mol. The molecule has 2 aromatic rings. The number of aliphatic carboxylic acids is 1. The van der Waals surface area contributed by atoms with Crippen LogP contribution in [-0.2, 0) is 16.1 Å². The number of hydrogen-bond donors (Lipinski definition) is 1. The van der Waals surface area contributed by atoms with Gasteiger partial charge in [-0.25, -0.2) is 4.79 Å². The van der Waals surface area contributed by atoms with Crippen LogP contribution >= 0.6 is 0 Å². The zero-order valence-corrected chi connectivity index (χ0v) is 17.1. The molecular formula is C24H26N2O4. The van der Waals surface area contributed by atoms with Gasteiger partial charge in [0.05, 0.1) is 5.71 Å². The highest BCUT2D eigenvalue weighted by atomic mass is 16.7. The van der Waals surface area contributed by atoms with E-state index in [1.165, 1.54) is 12.5 Å². The summed E-state index contributed by atoms with van der Waals surface area (Å²) in [5, 5.41) is 13.4. The van der Waals surface area contributed by atoms with Crippen LogP contribution in [0.5, 0.6) is 0 Å². The van der Waals surface area contributed by atoms with Crippen molar-refractivity contribution in [3.63, 3.8) is 0 Å². The van der Waals surface area contributed by atoms with Crippen molar-refractivity contribution in [3.8, 4) is 0 Å². The Labute approximate surface area is 176 Å². The zero-order valence-electron chi connectivity index (χ0n) is 17.1. The molecule has 0 saturated carbocycles. The molecule has 1 saturated heterocycles. The SMILES string of the molecule is CC1(C(=O)O)CC(c2ccccc2C(=O)N2CCC(Cc3ccccc3)CC2)=NO1. The first-order valence-electron chi connectivity index (χ1n) is 10.4. The average Bonchev–Trinajstić information content (AvgIpc) is 3.18. The van der Waals surface area contributed by atoms with E-state index in [4.69, 9.17) is 4.84 Å². The van der Waals surface area contributed by atoms with E-state index < -0.39 is 11.6 Å². The first-order valence-corrected chi connectivity index (χ1v) is 10.4. The molecule has 0 aromatic heterocycles. The predicted octanol–water partition coefficient (Wildman–Crippen LogP) is 3.75. The van der Waals surface area contributed by atoms with Gasteiger partial charge in [-0.2, -0.15) is 0 Å². The Hall–Kier alpha value is -3.15. The summed E-state index contributed by atoms with van der Waals surface area (Å²) in [6, 6.07) is 17.7. The van der Waals surface area contributed by atoms with Crippen LogP contribution in [0.15, 0.2) is 59.8 Å². The van der Waals surface area contributed by atoms with Crippen LogP contribution in [0.3, 0.4) is 0 Å². The van der Waals surface area contributed by atoms with Gasteiger partial charge in [0.15, 0.2) is 0 Å². The monoisotopic (exact) mass is 406 g/mol. The quantitative estimate of drug-likeness (QED) is 0.820. The lowest BCUT2D eigenvalue weighted by Crippen LogP contribution is -2.39. The molecule has 2 aromatic carbocycles. The van der Waals surface area contributed by atoms with Gasteiger partial charge in [0, 0.05) is 30.6 Å². The van der Waals surface area contributed by atoms with Crippen molar-refractivity contribution >= 4 is 17.6 Å². The summed E-state index contributed by atoms with van der Waals surface area (Å²) in [4.78, 5) is 31.8. The molecule has 1 atom stereocenters. The van der Waals surface area contributed by atoms with Crippen LogP contribution in [0.1, 0.15) is 47.7 Å². The molecule has 4 rings (SSSR count). The van der Waals surface area contributed by atoms with E-state index in [1.807, 2.05) is 29.2 Å². The third kappa shape index (κ3) is 4.08. The first kappa shape index (κ1) is 20.1. The van der Waals surface area contributed by atoms with Crippen molar-refractivity contribution in [2.24, 2.45) is 11.1 Å². The third-order valence-electron chi connectivity index (χ3n) is 6.05. The Morgan fingerprint density at radius 1 is 1.10 bits per heavy atom. The number of amides is 1. The minimum absolute atomic E-state index is 0.0320. The van der Waals surface area contributed by atoms with Crippen molar-refractivity contribution < 1.29 is 19.5 Å². The Morgan fingerprint density at radius 3 is 2.43 bits per heavy atom. The van der Waals surface area contributed by atoms with Crippen molar-refractivity contribution in [1.29, 1.82) is 0 Å². The third-order valence-corrected chi connectivity index (χ3v) is 6.05. The maximum absolute atomic E-state index is 13.3. The molecule has 30 heavy (non-hydrogen) atoms. The van der Waals surface area contributed by atoms with E-state index in [0.717, 1.165) is 32.4 Å². The van der Waals surface area contributed by atoms with Gasteiger partial charge >= 0.3 is 5.97 Å². The zero-order chi connectivity index (χ0) is 21.1. The van der Waals surface area contributed by atoms with Crippen LogP contribution < -0.4 is 0 Å². The fourth-order valence-electron chi connectivity index (χ4n) is 4.18. The van der Waals surface area contributed by atoms with Crippen LogP contribution in [0.2, 0.25) is 0 Å². The molecule has 1 N–H and O–H groups in total. The number of carboxylic acid groups (broad SMARTS) is 1. The standard InChI is InChI=1S/C24H26N2O4/c1-24(23(28)29)16-21(25-30-24)19-9-5-6-10-20(19)22(27)26-13-11-18(12-14-26)15-17-7-3-2-4-8-17/h2-10,18H,11-16H2,1H3,(H,28,29). The molecule has 0 radical (unpaired) electrons. The normalized spacial score (nSPS) is 21.8. The van der Waals surface area contributed by atoms with E-state index >= 15 is 0 Å². The number of carbonyl (C=O) groups is 2. The second-order valence-electron chi connectivity index (χ2n) is 8.31. The number of carbonyl (C=O) groups excluding carboxylic acids is 1. The highest BCUT2D eigenvalue weighted by Gasteiger charge is 2.43. The number of rotatable bonds is 5. The van der Waals surface area contributed by atoms with Crippen LogP contribution in [0.25, 0.3) is 0 Å². The second-order valence-corrected chi connectivity index (χ2v) is 8.31. The molecule has 1 amide bonds. The number of nitrogens with zero attached hydrogens (tertiary/aromatic N) is 2. The lowest BCUT2D eigenvalue weighted by Gasteiger charge is -2.32. The van der Waals surface area contributed by atoms with Gasteiger partial charge in [-0.1, -0.05) is 53.7 Å². The molecule has 1 fully saturated rings. The van der Waals surface area contributed by atoms with E-state index in [1.54, 1.807) is 6.07 Å². The minimum atomic E-state index is -1.39. The Morgan fingerprint density at radius 2 is 1.77 bits per heavy atom. The number of carboxylic acids is 1. The topological polar surface area (TPSA) is 79.2 Å². The molecule has 1 unspecified atom stereocenters. The predicted molar refractivity (Wildman–Crippen MR) is 113 cm³/mol. The highest BCUT2D eigenvalue weighted by Crippen LogP contribution is 2.29.